The van der Waals surface area contributed by atoms with Crippen LogP contribution >= 0.6 is 0 Å². The number of likely N-dealkylation sites (N-methyl/N-ethyl adjacent to an activating group) is 1. The number of ether oxygens (including phenoxy) is 1. The number of hydrogen-bond acceptors (Lipinski definition) is 3. The van der Waals surface area contributed by atoms with Gasteiger partial charge in [-0.2, -0.15) is 0 Å². The first-order valence-corrected chi connectivity index (χ1v) is 9.83. The molecule has 0 unspecified atom stereocenters. The lowest BCUT2D eigenvalue weighted by atomic mass is 9.67. The fourth-order valence-corrected chi connectivity index (χ4v) is 3.18. The maximum Gasteiger partial charge on any atom is 0.243 e. The summed E-state index contributed by atoms with van der Waals surface area (Å²) in [6.45, 7) is 4.08. The van der Waals surface area contributed by atoms with Crippen molar-refractivity contribution in [3.8, 4) is 5.75 Å². The van der Waals surface area contributed by atoms with Crippen molar-refractivity contribution in [3.05, 3.63) is 29.8 Å². The van der Waals surface area contributed by atoms with Gasteiger partial charge in [0, 0.05) is 27.2 Å². The van der Waals surface area contributed by atoms with Gasteiger partial charge in [0.1, 0.15) is 12.3 Å². The largest absolute Gasteiger partial charge is 0.497 e. The molecule has 1 fully saturated rings. The van der Waals surface area contributed by atoms with E-state index in [0.29, 0.717) is 5.41 Å². The van der Waals surface area contributed by atoms with Crippen molar-refractivity contribution < 1.29 is 9.53 Å². The van der Waals surface area contributed by atoms with E-state index in [9.17, 15) is 4.79 Å². The summed E-state index contributed by atoms with van der Waals surface area (Å²) in [5.74, 6) is 1.58. The maximum absolute atomic E-state index is 11.9. The predicted molar refractivity (Wildman–Crippen MR) is 110 cm³/mol. The molecular formula is C21H34N4O2. The van der Waals surface area contributed by atoms with Gasteiger partial charge in [-0.05, 0) is 48.8 Å². The first-order chi connectivity index (χ1) is 13.0. The van der Waals surface area contributed by atoms with Crippen molar-refractivity contribution in [1.82, 2.24) is 15.5 Å². The molecule has 6 heteroatoms. The number of nitrogens with zero attached hydrogens (tertiary/aromatic N) is 2. The third-order valence-electron chi connectivity index (χ3n) is 5.53. The second-order valence-electron chi connectivity index (χ2n) is 7.54. The summed E-state index contributed by atoms with van der Waals surface area (Å²) in [4.78, 5) is 17.9. The zero-order valence-electron chi connectivity index (χ0n) is 17.2. The summed E-state index contributed by atoms with van der Waals surface area (Å²) in [6, 6.07) is 8.08. The number of benzene rings is 1. The summed E-state index contributed by atoms with van der Waals surface area (Å²) >= 11 is 0. The SMILES string of the molecule is CCC1(CNC(=NCC(=O)N(C)C)NCCc2ccc(OC)cc2)CCC1. The summed E-state index contributed by atoms with van der Waals surface area (Å²) in [6.07, 6.45) is 5.91. The molecule has 1 aliphatic carbocycles. The van der Waals surface area contributed by atoms with Crippen LogP contribution in [0.1, 0.15) is 38.2 Å². The Morgan fingerprint density at radius 2 is 1.93 bits per heavy atom. The molecule has 0 atom stereocenters. The maximum atomic E-state index is 11.9. The molecule has 2 rings (SSSR count). The van der Waals surface area contributed by atoms with E-state index in [1.165, 1.54) is 31.2 Å². The Morgan fingerprint density at radius 3 is 2.44 bits per heavy atom. The summed E-state index contributed by atoms with van der Waals surface area (Å²) in [7, 11) is 5.18. The number of guanidine groups is 1. The molecule has 1 saturated carbocycles. The monoisotopic (exact) mass is 374 g/mol. The van der Waals surface area contributed by atoms with Crippen molar-refractivity contribution in [2.24, 2.45) is 10.4 Å². The standard InChI is InChI=1S/C21H34N4O2/c1-5-21(12-6-13-21)16-24-20(23-15-19(26)25(2)3)22-14-11-17-7-9-18(27-4)10-8-17/h7-10H,5-6,11-16H2,1-4H3,(H2,22,23,24). The van der Waals surface area contributed by atoms with Gasteiger partial charge >= 0.3 is 0 Å². The molecule has 1 aliphatic rings. The van der Waals surface area contributed by atoms with Crippen LogP contribution in [0, 0.1) is 5.41 Å². The van der Waals surface area contributed by atoms with E-state index in [0.717, 1.165) is 31.2 Å². The highest BCUT2D eigenvalue weighted by molar-refractivity contribution is 5.84. The van der Waals surface area contributed by atoms with Gasteiger partial charge in [-0.3, -0.25) is 4.79 Å². The Kier molecular flexibility index (Phi) is 7.95. The van der Waals surface area contributed by atoms with E-state index in [1.807, 2.05) is 12.1 Å². The molecule has 150 valence electrons. The Labute approximate surface area is 163 Å². The molecule has 0 bridgehead atoms. The van der Waals surface area contributed by atoms with Crippen molar-refractivity contribution in [1.29, 1.82) is 0 Å². The highest BCUT2D eigenvalue weighted by Gasteiger charge is 2.34. The molecule has 6 nitrogen and oxygen atoms in total. The summed E-state index contributed by atoms with van der Waals surface area (Å²) in [5.41, 5.74) is 1.63. The van der Waals surface area contributed by atoms with Crippen LogP contribution in [0.25, 0.3) is 0 Å². The van der Waals surface area contributed by atoms with E-state index in [1.54, 1.807) is 26.1 Å². The highest BCUT2D eigenvalue weighted by atomic mass is 16.5. The van der Waals surface area contributed by atoms with Crippen LogP contribution in [0.15, 0.2) is 29.3 Å². The Morgan fingerprint density at radius 1 is 1.22 bits per heavy atom. The van der Waals surface area contributed by atoms with Gasteiger partial charge < -0.3 is 20.3 Å². The minimum Gasteiger partial charge on any atom is -0.497 e. The second kappa shape index (κ2) is 10.2. The number of rotatable bonds is 9. The number of aliphatic imine (C=N–C) groups is 1. The summed E-state index contributed by atoms with van der Waals surface area (Å²) in [5, 5.41) is 6.83. The first kappa shape index (κ1) is 21.1. The van der Waals surface area contributed by atoms with Gasteiger partial charge in [0.05, 0.1) is 7.11 Å². The first-order valence-electron chi connectivity index (χ1n) is 9.83. The van der Waals surface area contributed by atoms with Crippen molar-refractivity contribution in [2.75, 3.05) is 40.8 Å². The van der Waals surface area contributed by atoms with Crippen LogP contribution < -0.4 is 15.4 Å². The number of carbonyl (C=O) groups excluding carboxylic acids is 1. The molecule has 0 aromatic heterocycles. The lowest BCUT2D eigenvalue weighted by Gasteiger charge is -2.41. The topological polar surface area (TPSA) is 66.0 Å². The van der Waals surface area contributed by atoms with Crippen molar-refractivity contribution >= 4 is 11.9 Å². The minimum atomic E-state index is 0.0000957. The smallest absolute Gasteiger partial charge is 0.243 e. The Hall–Kier alpha value is -2.24. The summed E-state index contributed by atoms with van der Waals surface area (Å²) < 4.78 is 5.20. The van der Waals surface area contributed by atoms with Crippen molar-refractivity contribution in [2.45, 2.75) is 39.0 Å². The zero-order chi connectivity index (χ0) is 19.7. The molecule has 0 spiro atoms. The van der Waals surface area contributed by atoms with Gasteiger partial charge in [-0.15, -0.1) is 0 Å². The van der Waals surface area contributed by atoms with E-state index in [4.69, 9.17) is 4.74 Å². The number of carbonyl (C=O) groups is 1. The fraction of sp³-hybridized carbons (Fsp3) is 0.619. The average molecular weight is 375 g/mol. The van der Waals surface area contributed by atoms with Crippen molar-refractivity contribution in [3.63, 3.8) is 0 Å². The van der Waals surface area contributed by atoms with Crippen LogP contribution in [-0.4, -0.2) is 57.6 Å². The number of methoxy groups -OCH3 is 1. The molecule has 0 saturated heterocycles. The second-order valence-corrected chi connectivity index (χ2v) is 7.54. The average Bonchev–Trinajstić information content (AvgIpc) is 2.65. The highest BCUT2D eigenvalue weighted by Crippen LogP contribution is 2.42. The van der Waals surface area contributed by atoms with E-state index in [2.05, 4.69) is 34.7 Å². The molecule has 1 aromatic carbocycles. The van der Waals surface area contributed by atoms with Gasteiger partial charge in [0.15, 0.2) is 5.96 Å². The van der Waals surface area contributed by atoms with Gasteiger partial charge in [-0.1, -0.05) is 25.5 Å². The molecule has 0 radical (unpaired) electrons. The minimum absolute atomic E-state index is 0.0000957. The van der Waals surface area contributed by atoms with Crippen LogP contribution in [0.5, 0.6) is 5.75 Å². The lowest BCUT2D eigenvalue weighted by molar-refractivity contribution is -0.127. The molecule has 2 N–H and O–H groups in total. The molecular weight excluding hydrogens is 340 g/mol. The molecule has 27 heavy (non-hydrogen) atoms. The van der Waals surface area contributed by atoms with E-state index in [-0.39, 0.29) is 12.5 Å². The Balaban J connectivity index is 1.89. The normalized spacial score (nSPS) is 15.6. The number of amides is 1. The van der Waals surface area contributed by atoms with E-state index < -0.39 is 0 Å². The third kappa shape index (κ3) is 6.45. The molecule has 1 aromatic rings. The Bertz CT molecular complexity index is 616. The molecule has 0 aliphatic heterocycles. The molecule has 0 heterocycles. The van der Waals surface area contributed by atoms with Crippen LogP contribution in [-0.2, 0) is 11.2 Å². The van der Waals surface area contributed by atoms with Crippen LogP contribution in [0.2, 0.25) is 0 Å². The quantitative estimate of drug-likeness (QED) is 0.515. The molecule has 1 amide bonds. The predicted octanol–water partition coefficient (Wildman–Crippen LogP) is 2.44. The lowest BCUT2D eigenvalue weighted by Crippen LogP contribution is -2.47. The third-order valence-corrected chi connectivity index (χ3v) is 5.53. The van der Waals surface area contributed by atoms with Gasteiger partial charge in [-0.25, -0.2) is 4.99 Å². The number of hydrogen-bond donors (Lipinski definition) is 2. The van der Waals surface area contributed by atoms with Crippen LogP contribution in [0.4, 0.5) is 0 Å². The zero-order valence-corrected chi connectivity index (χ0v) is 17.2. The number of nitrogens with one attached hydrogen (secondary N) is 2. The van der Waals surface area contributed by atoms with Gasteiger partial charge in [0.2, 0.25) is 5.91 Å². The fourth-order valence-electron chi connectivity index (χ4n) is 3.18. The van der Waals surface area contributed by atoms with Crippen LogP contribution in [0.3, 0.4) is 0 Å². The van der Waals surface area contributed by atoms with Gasteiger partial charge in [0.25, 0.3) is 0 Å². The van der Waals surface area contributed by atoms with E-state index >= 15 is 0 Å².